The lowest BCUT2D eigenvalue weighted by Crippen LogP contribution is -2.58. The van der Waals surface area contributed by atoms with E-state index in [2.05, 4.69) is 0 Å². The maximum absolute atomic E-state index is 14.5. The lowest BCUT2D eigenvalue weighted by Gasteiger charge is -2.39. The van der Waals surface area contributed by atoms with Gasteiger partial charge in [0.1, 0.15) is 17.6 Å². The van der Waals surface area contributed by atoms with E-state index in [0.29, 0.717) is 23.6 Å². The number of aliphatic hydroxyl groups is 1. The number of rotatable bonds is 5. The number of aliphatic hydroxyl groups excluding tert-OH is 1. The molecule has 2 fully saturated rings. The molecule has 0 radical (unpaired) electrons. The number of anilines is 1. The number of fused-ring (bicyclic) bond motifs is 2. The van der Waals surface area contributed by atoms with Crippen LogP contribution in [0.15, 0.2) is 42.5 Å². The van der Waals surface area contributed by atoms with Crippen molar-refractivity contribution in [3.05, 3.63) is 53.1 Å². The number of carbonyl (C=O) groups is 3. The van der Waals surface area contributed by atoms with Crippen molar-refractivity contribution in [3.63, 3.8) is 0 Å². The van der Waals surface area contributed by atoms with Crippen LogP contribution in [0.25, 0.3) is 0 Å². The van der Waals surface area contributed by atoms with Gasteiger partial charge in [-0.3, -0.25) is 14.4 Å². The molecule has 6 atom stereocenters. The zero-order valence-corrected chi connectivity index (χ0v) is 22.1. The fourth-order valence-corrected chi connectivity index (χ4v) is 6.75. The SMILES string of the molecule is Cc1cccc(Cl)c1N1CC=C[C@]23O[C@H]4C=CCCOC(=O)[C@H]4[C@H]2C(=O)N([C@@H](CO)CC(C)C)C3C1=O. The summed E-state index contributed by atoms with van der Waals surface area (Å²) in [5, 5.41) is 10.8. The predicted molar refractivity (Wildman–Crippen MR) is 138 cm³/mol. The Morgan fingerprint density at radius 1 is 1.19 bits per heavy atom. The van der Waals surface area contributed by atoms with E-state index < -0.39 is 41.6 Å². The van der Waals surface area contributed by atoms with Gasteiger partial charge in [-0.15, -0.1) is 0 Å². The van der Waals surface area contributed by atoms with Crippen molar-refractivity contribution in [1.29, 1.82) is 0 Å². The Hall–Kier alpha value is -2.68. The molecule has 4 aliphatic rings. The standard InChI is InChI=1S/C28H33ClN2O6/c1-16(2)14-18(15-32)31-24-26(34)30(23-17(3)8-6-9-19(23)29)12-7-11-28(24)22(25(31)33)21-20(37-28)10-4-5-13-36-27(21)35/h4,6-11,16,18,20-22,24,32H,5,12-15H2,1-3H3/t18-,20+,21-,22+,24?,28+/m1/s1. The molecule has 0 aliphatic carbocycles. The Labute approximate surface area is 221 Å². The van der Waals surface area contributed by atoms with Gasteiger partial charge in [0.25, 0.3) is 5.91 Å². The number of halogens is 1. The molecule has 2 amide bonds. The Morgan fingerprint density at radius 2 is 1.97 bits per heavy atom. The Balaban J connectivity index is 1.67. The molecule has 9 heteroatoms. The summed E-state index contributed by atoms with van der Waals surface area (Å²) in [6.45, 7) is 6.01. The van der Waals surface area contributed by atoms with Gasteiger partial charge >= 0.3 is 5.97 Å². The summed E-state index contributed by atoms with van der Waals surface area (Å²) < 4.78 is 12.1. The van der Waals surface area contributed by atoms with Crippen molar-refractivity contribution in [3.8, 4) is 0 Å². The molecule has 1 N–H and O–H groups in total. The highest BCUT2D eigenvalue weighted by atomic mass is 35.5. The Morgan fingerprint density at radius 3 is 2.68 bits per heavy atom. The number of aryl methyl sites for hydroxylation is 1. The van der Waals surface area contributed by atoms with Crippen LogP contribution < -0.4 is 4.90 Å². The highest BCUT2D eigenvalue weighted by Crippen LogP contribution is 2.54. The van der Waals surface area contributed by atoms with E-state index in [1.165, 1.54) is 4.90 Å². The van der Waals surface area contributed by atoms with E-state index >= 15 is 0 Å². The zero-order chi connectivity index (χ0) is 26.5. The van der Waals surface area contributed by atoms with E-state index in [1.54, 1.807) is 17.0 Å². The summed E-state index contributed by atoms with van der Waals surface area (Å²) in [6.07, 6.45) is 7.63. The quantitative estimate of drug-likeness (QED) is 0.466. The van der Waals surface area contributed by atoms with Crippen LogP contribution in [-0.4, -0.2) is 71.3 Å². The van der Waals surface area contributed by atoms with Crippen LogP contribution in [0, 0.1) is 24.7 Å². The van der Waals surface area contributed by atoms with Crippen LogP contribution in [0.1, 0.15) is 32.3 Å². The molecular weight excluding hydrogens is 496 g/mol. The highest BCUT2D eigenvalue weighted by molar-refractivity contribution is 6.34. The third kappa shape index (κ3) is 4.10. The molecule has 1 aromatic carbocycles. The van der Waals surface area contributed by atoms with Crippen LogP contribution in [-0.2, 0) is 23.9 Å². The third-order valence-electron chi connectivity index (χ3n) is 7.86. The minimum atomic E-state index is -1.38. The number of carbonyl (C=O) groups excluding carboxylic acids is 3. The summed E-state index contributed by atoms with van der Waals surface area (Å²) >= 11 is 6.57. The van der Waals surface area contributed by atoms with Crippen molar-refractivity contribution in [1.82, 2.24) is 4.90 Å². The first-order valence-electron chi connectivity index (χ1n) is 12.9. The zero-order valence-electron chi connectivity index (χ0n) is 21.3. The fraction of sp³-hybridized carbons (Fsp3) is 0.536. The molecule has 2 saturated heterocycles. The molecule has 0 aromatic heterocycles. The molecular formula is C28H33ClN2O6. The van der Waals surface area contributed by atoms with Gasteiger partial charge < -0.3 is 24.4 Å². The number of benzene rings is 1. The number of ether oxygens (including phenoxy) is 2. The van der Waals surface area contributed by atoms with Gasteiger partial charge in [-0.2, -0.15) is 0 Å². The lowest BCUT2D eigenvalue weighted by molar-refractivity contribution is -0.155. The van der Waals surface area contributed by atoms with E-state index in [-0.39, 0.29) is 37.5 Å². The van der Waals surface area contributed by atoms with Gasteiger partial charge in [0, 0.05) is 6.54 Å². The number of hydrogen-bond donors (Lipinski definition) is 1. The maximum Gasteiger partial charge on any atom is 0.312 e. The van der Waals surface area contributed by atoms with Gasteiger partial charge in [-0.1, -0.05) is 61.9 Å². The molecule has 5 rings (SSSR count). The average molecular weight is 529 g/mol. The molecule has 0 bridgehead atoms. The third-order valence-corrected chi connectivity index (χ3v) is 8.17. The molecule has 0 saturated carbocycles. The number of hydrogen-bond acceptors (Lipinski definition) is 6. The van der Waals surface area contributed by atoms with Gasteiger partial charge in [0.15, 0.2) is 0 Å². The highest BCUT2D eigenvalue weighted by Gasteiger charge is 2.72. The molecule has 4 heterocycles. The lowest BCUT2D eigenvalue weighted by atomic mass is 9.77. The van der Waals surface area contributed by atoms with Crippen molar-refractivity contribution < 1.29 is 29.0 Å². The van der Waals surface area contributed by atoms with Crippen molar-refractivity contribution in [2.24, 2.45) is 17.8 Å². The molecule has 1 spiro atoms. The van der Waals surface area contributed by atoms with Crippen LogP contribution in [0.2, 0.25) is 5.02 Å². The first-order chi connectivity index (χ1) is 17.7. The van der Waals surface area contributed by atoms with E-state index in [1.807, 2.05) is 51.1 Å². The van der Waals surface area contributed by atoms with Gasteiger partial charge in [0.2, 0.25) is 5.91 Å². The maximum atomic E-state index is 14.5. The van der Waals surface area contributed by atoms with Crippen LogP contribution in [0.4, 0.5) is 5.69 Å². The second kappa shape index (κ2) is 9.89. The minimum Gasteiger partial charge on any atom is -0.465 e. The second-order valence-corrected chi connectivity index (χ2v) is 11.1. The minimum absolute atomic E-state index is 0.155. The second-order valence-electron chi connectivity index (χ2n) is 10.7. The fourth-order valence-electron chi connectivity index (χ4n) is 6.43. The molecule has 8 nitrogen and oxygen atoms in total. The molecule has 1 unspecified atom stereocenters. The van der Waals surface area contributed by atoms with Crippen molar-refractivity contribution in [2.75, 3.05) is 24.7 Å². The van der Waals surface area contributed by atoms with E-state index in [0.717, 1.165) is 5.56 Å². The first-order valence-corrected chi connectivity index (χ1v) is 13.3. The normalized spacial score (nSPS) is 32.0. The number of para-hydroxylation sites is 1. The number of amides is 2. The largest absolute Gasteiger partial charge is 0.465 e. The smallest absolute Gasteiger partial charge is 0.312 e. The summed E-state index contributed by atoms with van der Waals surface area (Å²) in [5.41, 5.74) is 0.00403. The van der Waals surface area contributed by atoms with Crippen LogP contribution in [0.5, 0.6) is 0 Å². The Kier molecular flexibility index (Phi) is 6.94. The molecule has 1 aromatic rings. The van der Waals surface area contributed by atoms with Crippen molar-refractivity contribution in [2.45, 2.75) is 57.4 Å². The first kappa shape index (κ1) is 25.9. The number of cyclic esters (lactones) is 1. The van der Waals surface area contributed by atoms with Gasteiger partial charge in [-0.25, -0.2) is 0 Å². The monoisotopic (exact) mass is 528 g/mol. The number of esters is 1. The topological polar surface area (TPSA) is 96.4 Å². The molecule has 198 valence electrons. The van der Waals surface area contributed by atoms with Crippen LogP contribution >= 0.6 is 11.6 Å². The van der Waals surface area contributed by atoms with Gasteiger partial charge in [-0.05, 0) is 37.3 Å². The summed E-state index contributed by atoms with van der Waals surface area (Å²) in [4.78, 5) is 45.0. The summed E-state index contributed by atoms with van der Waals surface area (Å²) in [5.74, 6) is -2.92. The van der Waals surface area contributed by atoms with Gasteiger partial charge in [0.05, 0.1) is 42.0 Å². The van der Waals surface area contributed by atoms with Crippen LogP contribution in [0.3, 0.4) is 0 Å². The number of likely N-dealkylation sites (tertiary alicyclic amines) is 1. The van der Waals surface area contributed by atoms with Crippen molar-refractivity contribution >= 4 is 35.1 Å². The Bertz CT molecular complexity index is 1150. The molecule has 37 heavy (non-hydrogen) atoms. The van der Waals surface area contributed by atoms with E-state index in [4.69, 9.17) is 21.1 Å². The number of nitrogens with zero attached hydrogens (tertiary/aromatic N) is 2. The van der Waals surface area contributed by atoms with E-state index in [9.17, 15) is 19.5 Å². The molecule has 4 aliphatic heterocycles. The summed E-state index contributed by atoms with van der Waals surface area (Å²) in [6, 6.07) is 3.73. The predicted octanol–water partition coefficient (Wildman–Crippen LogP) is 3.04. The summed E-state index contributed by atoms with van der Waals surface area (Å²) in [7, 11) is 0. The average Bonchev–Trinajstić information content (AvgIpc) is 3.22.